The summed E-state index contributed by atoms with van der Waals surface area (Å²) >= 11 is 0. The van der Waals surface area contributed by atoms with Gasteiger partial charge in [-0.1, -0.05) is 0 Å². The van der Waals surface area contributed by atoms with Crippen LogP contribution in [0.2, 0.25) is 0 Å². The van der Waals surface area contributed by atoms with Gasteiger partial charge < -0.3 is 46.0 Å². The van der Waals surface area contributed by atoms with Crippen molar-refractivity contribution < 1.29 is 34.0 Å². The zero-order chi connectivity index (χ0) is 4.50. The molecule has 18 N–H and O–H groups in total. The van der Waals surface area contributed by atoms with Crippen molar-refractivity contribution in [1.29, 1.82) is 0 Å². The van der Waals surface area contributed by atoms with E-state index in [1.807, 2.05) is 0 Å². The maximum Gasteiger partial charge on any atom is 2.00 e. The molecule has 0 aromatic heterocycles. The van der Waals surface area contributed by atoms with Gasteiger partial charge in [0.2, 0.25) is 0 Å². The Balaban J connectivity index is -0.00000000381. The van der Waals surface area contributed by atoms with Gasteiger partial charge in [0, 0.05) is 10.4 Å². The van der Waals surface area contributed by atoms with Crippen LogP contribution in [0.4, 0.5) is 0 Å². The standard InChI is InChI=1S/6H3N.Ni.H2O4S/c;;;;;;;1-5(2,3)4/h6*1H3;;(H2,1,2,3,4)/q;;;;;;+2;/p-2. The van der Waals surface area contributed by atoms with Gasteiger partial charge in [-0.2, -0.15) is 0 Å². The SMILES string of the molecule is N.N.N.N.N.N.O=S(=O)([O-])[O-].[Ni+2]. The van der Waals surface area contributed by atoms with Crippen molar-refractivity contribution in [1.82, 2.24) is 36.9 Å². The Morgan fingerprint density at radius 1 is 0.667 bits per heavy atom. The summed E-state index contributed by atoms with van der Waals surface area (Å²) in [5.41, 5.74) is 0. The number of hydrogen-bond acceptors (Lipinski definition) is 10. The maximum atomic E-state index is 8.52. The van der Waals surface area contributed by atoms with E-state index in [-0.39, 0.29) is 53.4 Å². The van der Waals surface area contributed by atoms with Crippen LogP contribution < -0.4 is 36.9 Å². The topological polar surface area (TPSA) is 290 Å². The van der Waals surface area contributed by atoms with Crippen LogP contribution in [0.25, 0.3) is 0 Å². The van der Waals surface area contributed by atoms with Crippen LogP contribution in [-0.2, 0) is 26.9 Å². The molecule has 0 aromatic rings. The molecule has 0 bridgehead atoms. The number of hydrogen-bond donors (Lipinski definition) is 6. The molecule has 88 valence electrons. The van der Waals surface area contributed by atoms with Crippen LogP contribution in [0.15, 0.2) is 0 Å². The van der Waals surface area contributed by atoms with E-state index in [2.05, 4.69) is 0 Å². The Labute approximate surface area is 81.9 Å². The van der Waals surface area contributed by atoms with Gasteiger partial charge in [0.1, 0.15) is 0 Å². The molecule has 0 amide bonds. The minimum Gasteiger partial charge on any atom is -0.759 e. The van der Waals surface area contributed by atoms with Gasteiger partial charge in [-0.25, -0.2) is 0 Å². The largest absolute Gasteiger partial charge is 2.00 e. The smallest absolute Gasteiger partial charge is 0.759 e. The van der Waals surface area contributed by atoms with Crippen molar-refractivity contribution in [3.8, 4) is 0 Å². The van der Waals surface area contributed by atoms with Gasteiger partial charge in [0.15, 0.2) is 0 Å². The van der Waals surface area contributed by atoms with Gasteiger partial charge >= 0.3 is 16.5 Å². The van der Waals surface area contributed by atoms with E-state index < -0.39 is 10.4 Å². The van der Waals surface area contributed by atoms with Crippen molar-refractivity contribution in [2.75, 3.05) is 0 Å². The van der Waals surface area contributed by atoms with E-state index in [4.69, 9.17) is 17.5 Å². The maximum absolute atomic E-state index is 8.52. The zero-order valence-electron chi connectivity index (χ0n) is 6.60. The van der Waals surface area contributed by atoms with Crippen molar-refractivity contribution in [2.45, 2.75) is 0 Å². The molecule has 10 nitrogen and oxygen atoms in total. The van der Waals surface area contributed by atoms with Gasteiger partial charge in [-0.3, -0.25) is 8.42 Å². The predicted molar refractivity (Wildman–Crippen MR) is 40.6 cm³/mol. The molecule has 0 aliphatic rings. The average Bonchev–Trinajstić information content (AvgIpc) is 0.722. The van der Waals surface area contributed by atoms with E-state index in [0.717, 1.165) is 0 Å². The summed E-state index contributed by atoms with van der Waals surface area (Å²) in [7, 11) is -5.17. The summed E-state index contributed by atoms with van der Waals surface area (Å²) in [6, 6.07) is 0. The first-order valence-electron chi connectivity index (χ1n) is 0.667. The molecule has 0 atom stereocenters. The molecule has 0 aliphatic carbocycles. The molecular formula is H18N6NiO4S. The Hall–Kier alpha value is 0.124. The first-order valence-corrected chi connectivity index (χ1v) is 2.00. The fraction of sp³-hybridized carbons (Fsp3) is 0. The average molecular weight is 257 g/mol. The summed E-state index contributed by atoms with van der Waals surface area (Å²) < 4.78 is 34.1. The second-order valence-corrected chi connectivity index (χ2v) is 1.22. The summed E-state index contributed by atoms with van der Waals surface area (Å²) in [6.07, 6.45) is 0. The molecular weight excluding hydrogens is 239 g/mol. The molecule has 0 radical (unpaired) electrons. The Bertz CT molecular complexity index is 103. The van der Waals surface area contributed by atoms with Gasteiger partial charge in [0.25, 0.3) is 0 Å². The van der Waals surface area contributed by atoms with Gasteiger partial charge in [-0.05, 0) is 0 Å². The van der Waals surface area contributed by atoms with Crippen LogP contribution in [0.1, 0.15) is 0 Å². The molecule has 0 saturated heterocycles. The third-order valence-corrected chi connectivity index (χ3v) is 0. The third kappa shape index (κ3) is 55200. The first kappa shape index (κ1) is 88.2. The van der Waals surface area contributed by atoms with Crippen molar-refractivity contribution in [3.05, 3.63) is 0 Å². The minimum absolute atomic E-state index is 0. The predicted octanol–water partition coefficient (Wildman–Crippen LogP) is -0.369. The second-order valence-electron chi connectivity index (χ2n) is 0.408. The molecule has 0 aliphatic heterocycles. The van der Waals surface area contributed by atoms with Crippen molar-refractivity contribution >= 4 is 10.4 Å². The molecule has 0 unspecified atom stereocenters. The van der Waals surface area contributed by atoms with Crippen LogP contribution >= 0.6 is 0 Å². The first-order chi connectivity index (χ1) is 2.00. The van der Waals surface area contributed by atoms with E-state index in [1.165, 1.54) is 0 Å². The fourth-order valence-corrected chi connectivity index (χ4v) is 0. The molecule has 12 heteroatoms. The van der Waals surface area contributed by atoms with Crippen molar-refractivity contribution in [2.24, 2.45) is 0 Å². The van der Waals surface area contributed by atoms with Gasteiger partial charge in [-0.15, -0.1) is 0 Å². The van der Waals surface area contributed by atoms with E-state index in [0.29, 0.717) is 0 Å². The van der Waals surface area contributed by atoms with Crippen LogP contribution in [0.5, 0.6) is 0 Å². The normalized spacial score (nSPS) is 4.83. The Kier molecular flexibility index (Phi) is 224. The van der Waals surface area contributed by atoms with E-state index >= 15 is 0 Å². The van der Waals surface area contributed by atoms with E-state index in [1.54, 1.807) is 0 Å². The monoisotopic (exact) mass is 256 g/mol. The quantitative estimate of drug-likeness (QED) is 0.185. The molecule has 0 aromatic carbocycles. The molecule has 0 spiro atoms. The van der Waals surface area contributed by atoms with E-state index in [9.17, 15) is 0 Å². The third-order valence-electron chi connectivity index (χ3n) is 0. The molecule has 0 heterocycles. The van der Waals surface area contributed by atoms with Crippen LogP contribution in [0.3, 0.4) is 0 Å². The molecule has 0 rings (SSSR count). The van der Waals surface area contributed by atoms with Crippen molar-refractivity contribution in [3.63, 3.8) is 0 Å². The second kappa shape index (κ2) is 30.4. The number of rotatable bonds is 0. The molecule has 0 fully saturated rings. The van der Waals surface area contributed by atoms with Gasteiger partial charge in [0.05, 0.1) is 0 Å². The minimum atomic E-state index is -5.17. The molecule has 0 saturated carbocycles. The summed E-state index contributed by atoms with van der Waals surface area (Å²) in [5.74, 6) is 0. The Morgan fingerprint density at radius 3 is 0.667 bits per heavy atom. The summed E-state index contributed by atoms with van der Waals surface area (Å²) in [6.45, 7) is 0. The zero-order valence-corrected chi connectivity index (χ0v) is 8.40. The molecule has 12 heavy (non-hydrogen) atoms. The summed E-state index contributed by atoms with van der Waals surface area (Å²) in [5, 5.41) is 0. The summed E-state index contributed by atoms with van der Waals surface area (Å²) in [4.78, 5) is 0. The van der Waals surface area contributed by atoms with Crippen LogP contribution in [-0.4, -0.2) is 17.5 Å². The fourth-order valence-electron chi connectivity index (χ4n) is 0. The Morgan fingerprint density at radius 2 is 0.667 bits per heavy atom. The van der Waals surface area contributed by atoms with Crippen LogP contribution in [0, 0.1) is 0 Å².